The molecule has 1 aromatic carbocycles. The highest BCUT2D eigenvalue weighted by Gasteiger charge is 2.47. The van der Waals surface area contributed by atoms with Gasteiger partial charge in [0.2, 0.25) is 10.0 Å². The van der Waals surface area contributed by atoms with E-state index in [-0.39, 0.29) is 10.9 Å². The van der Waals surface area contributed by atoms with Crippen molar-refractivity contribution in [2.24, 2.45) is 0 Å². The molecule has 1 heterocycles. The molecule has 3 atom stereocenters. The molecule has 1 saturated carbocycles. The molecule has 0 bridgehead atoms. The quantitative estimate of drug-likeness (QED) is 0.743. The molecule has 0 amide bonds. The van der Waals surface area contributed by atoms with E-state index in [9.17, 15) is 8.42 Å². The fourth-order valence-electron chi connectivity index (χ4n) is 3.34. The number of rotatable bonds is 1. The van der Waals surface area contributed by atoms with Gasteiger partial charge in [-0.1, -0.05) is 40.5 Å². The molecule has 3 unspecified atom stereocenters. The highest BCUT2D eigenvalue weighted by atomic mass is 79.9. The first-order valence-corrected chi connectivity index (χ1v) is 8.99. The summed E-state index contributed by atoms with van der Waals surface area (Å²) < 4.78 is 25.8. The van der Waals surface area contributed by atoms with Crippen molar-refractivity contribution in [3.05, 3.63) is 29.8 Å². The average molecular weight is 330 g/mol. The SMILES string of the molecule is CS(=O)(=O)N1c2ccccc2C2CCCC(Br)C21. The minimum Gasteiger partial charge on any atom is -0.265 e. The van der Waals surface area contributed by atoms with Gasteiger partial charge in [-0.05, 0) is 24.5 Å². The monoisotopic (exact) mass is 329 g/mol. The van der Waals surface area contributed by atoms with Crippen molar-refractivity contribution in [3.8, 4) is 0 Å². The Bertz CT molecular complexity index is 572. The van der Waals surface area contributed by atoms with E-state index >= 15 is 0 Å². The fraction of sp³-hybridized carbons (Fsp3) is 0.538. The zero-order chi connectivity index (χ0) is 12.9. The largest absolute Gasteiger partial charge is 0.265 e. The van der Waals surface area contributed by atoms with Crippen LogP contribution in [0.1, 0.15) is 30.7 Å². The third kappa shape index (κ3) is 1.79. The van der Waals surface area contributed by atoms with Crippen molar-refractivity contribution in [3.63, 3.8) is 0 Å². The number of anilines is 1. The molecule has 2 aliphatic rings. The van der Waals surface area contributed by atoms with Gasteiger partial charge >= 0.3 is 0 Å². The van der Waals surface area contributed by atoms with Gasteiger partial charge in [0.25, 0.3) is 0 Å². The van der Waals surface area contributed by atoms with Gasteiger partial charge in [0.05, 0.1) is 18.0 Å². The summed E-state index contributed by atoms with van der Waals surface area (Å²) in [7, 11) is -3.22. The molecule has 0 saturated heterocycles. The third-order valence-electron chi connectivity index (χ3n) is 3.98. The maximum Gasteiger partial charge on any atom is 0.232 e. The second-order valence-corrected chi connectivity index (χ2v) is 8.20. The van der Waals surface area contributed by atoms with Crippen LogP contribution < -0.4 is 4.31 Å². The predicted molar refractivity (Wildman–Crippen MR) is 76.9 cm³/mol. The lowest BCUT2D eigenvalue weighted by atomic mass is 9.83. The first-order valence-electron chi connectivity index (χ1n) is 6.22. The lowest BCUT2D eigenvalue weighted by Crippen LogP contribution is -2.45. The molecule has 1 aliphatic heterocycles. The van der Waals surface area contributed by atoms with Crippen LogP contribution in [0.25, 0.3) is 0 Å². The molecule has 0 N–H and O–H groups in total. The van der Waals surface area contributed by atoms with Gasteiger partial charge in [-0.25, -0.2) is 8.42 Å². The Hall–Kier alpha value is -0.550. The minimum atomic E-state index is -3.22. The topological polar surface area (TPSA) is 37.4 Å². The van der Waals surface area contributed by atoms with Crippen LogP contribution >= 0.6 is 15.9 Å². The summed E-state index contributed by atoms with van der Waals surface area (Å²) >= 11 is 3.68. The maximum absolute atomic E-state index is 12.1. The lowest BCUT2D eigenvalue weighted by Gasteiger charge is -2.35. The summed E-state index contributed by atoms with van der Waals surface area (Å²) in [6.07, 6.45) is 4.58. The molecular weight excluding hydrogens is 314 g/mol. The molecule has 98 valence electrons. The van der Waals surface area contributed by atoms with Crippen molar-refractivity contribution in [1.82, 2.24) is 0 Å². The summed E-state index contributed by atoms with van der Waals surface area (Å²) in [5, 5.41) is 0. The first kappa shape index (κ1) is 12.5. The molecule has 18 heavy (non-hydrogen) atoms. The van der Waals surface area contributed by atoms with Crippen molar-refractivity contribution in [2.75, 3.05) is 10.6 Å². The van der Waals surface area contributed by atoms with Gasteiger partial charge in [0, 0.05) is 10.7 Å². The van der Waals surface area contributed by atoms with E-state index in [0.29, 0.717) is 5.92 Å². The number of benzene rings is 1. The zero-order valence-corrected chi connectivity index (χ0v) is 12.6. The number of hydrogen-bond acceptors (Lipinski definition) is 2. The number of halogens is 1. The lowest BCUT2D eigenvalue weighted by molar-refractivity contribution is 0.419. The van der Waals surface area contributed by atoms with E-state index in [4.69, 9.17) is 0 Å². The predicted octanol–water partition coefficient (Wildman–Crippen LogP) is 2.87. The fourth-order valence-corrected chi connectivity index (χ4v) is 5.68. The van der Waals surface area contributed by atoms with E-state index in [1.807, 2.05) is 18.2 Å². The summed E-state index contributed by atoms with van der Waals surface area (Å²) in [5.41, 5.74) is 2.07. The Kier molecular flexibility index (Phi) is 2.94. The van der Waals surface area contributed by atoms with Gasteiger partial charge in [-0.15, -0.1) is 0 Å². The van der Waals surface area contributed by atoms with E-state index in [1.54, 1.807) is 4.31 Å². The van der Waals surface area contributed by atoms with Gasteiger partial charge < -0.3 is 0 Å². The van der Waals surface area contributed by atoms with Gasteiger partial charge in [0.1, 0.15) is 0 Å². The molecule has 1 aromatic rings. The van der Waals surface area contributed by atoms with Crippen LogP contribution in [0.3, 0.4) is 0 Å². The van der Waals surface area contributed by atoms with Crippen LogP contribution in [0.5, 0.6) is 0 Å². The molecule has 0 radical (unpaired) electrons. The second-order valence-electron chi connectivity index (χ2n) is 5.16. The number of sulfonamides is 1. The molecule has 3 rings (SSSR count). The summed E-state index contributed by atoms with van der Waals surface area (Å²) in [6, 6.07) is 7.96. The second kappa shape index (κ2) is 4.23. The summed E-state index contributed by atoms with van der Waals surface area (Å²) in [6.45, 7) is 0. The van der Waals surface area contributed by atoms with E-state index in [1.165, 1.54) is 11.8 Å². The van der Waals surface area contributed by atoms with Crippen molar-refractivity contribution in [1.29, 1.82) is 0 Å². The van der Waals surface area contributed by atoms with Crippen molar-refractivity contribution >= 4 is 31.6 Å². The molecule has 1 aliphatic carbocycles. The number of hydrogen-bond donors (Lipinski definition) is 0. The van der Waals surface area contributed by atoms with Gasteiger partial charge in [-0.3, -0.25) is 4.31 Å². The molecule has 5 heteroatoms. The van der Waals surface area contributed by atoms with Crippen LogP contribution in [-0.2, 0) is 10.0 Å². The normalized spacial score (nSPS) is 31.0. The van der Waals surface area contributed by atoms with Gasteiger partial charge in [-0.2, -0.15) is 0 Å². The van der Waals surface area contributed by atoms with Crippen molar-refractivity contribution in [2.45, 2.75) is 36.0 Å². The van der Waals surface area contributed by atoms with E-state index in [2.05, 4.69) is 22.0 Å². The molecule has 0 spiro atoms. The van der Waals surface area contributed by atoms with Crippen LogP contribution in [0.15, 0.2) is 24.3 Å². The summed E-state index contributed by atoms with van der Waals surface area (Å²) in [4.78, 5) is 0.248. The average Bonchev–Trinajstić information content (AvgIpc) is 2.65. The highest BCUT2D eigenvalue weighted by Crippen LogP contribution is 2.50. The number of nitrogens with zero attached hydrogens (tertiary/aromatic N) is 1. The highest BCUT2D eigenvalue weighted by molar-refractivity contribution is 9.09. The minimum absolute atomic E-state index is 0.0474. The van der Waals surface area contributed by atoms with E-state index in [0.717, 1.165) is 24.9 Å². The Morgan fingerprint density at radius 1 is 1.28 bits per heavy atom. The van der Waals surface area contributed by atoms with Crippen molar-refractivity contribution < 1.29 is 8.42 Å². The standard InChI is InChI=1S/C13H16BrNO2S/c1-18(16,17)15-12-8-3-2-5-9(12)10-6-4-7-11(14)13(10)15/h2-3,5,8,10-11,13H,4,6-7H2,1H3. The van der Waals surface area contributed by atoms with E-state index < -0.39 is 10.0 Å². The Morgan fingerprint density at radius 2 is 2.00 bits per heavy atom. The number of fused-ring (bicyclic) bond motifs is 3. The number of para-hydroxylation sites is 1. The molecular formula is C13H16BrNO2S. The van der Waals surface area contributed by atoms with Crippen LogP contribution in [-0.4, -0.2) is 25.5 Å². The number of alkyl halides is 1. The molecule has 3 nitrogen and oxygen atoms in total. The summed E-state index contributed by atoms with van der Waals surface area (Å²) in [5.74, 6) is 0.342. The molecule has 0 aromatic heterocycles. The maximum atomic E-state index is 12.1. The van der Waals surface area contributed by atoms with Crippen LogP contribution in [0.2, 0.25) is 0 Å². The molecule has 1 fully saturated rings. The Labute approximate surface area is 116 Å². The first-order chi connectivity index (χ1) is 8.50. The van der Waals surface area contributed by atoms with Crippen LogP contribution in [0.4, 0.5) is 5.69 Å². The zero-order valence-electron chi connectivity index (χ0n) is 10.2. The third-order valence-corrected chi connectivity index (χ3v) is 6.13. The Morgan fingerprint density at radius 3 is 2.72 bits per heavy atom. The smallest absolute Gasteiger partial charge is 0.232 e. The van der Waals surface area contributed by atoms with Gasteiger partial charge in [0.15, 0.2) is 0 Å². The van der Waals surface area contributed by atoms with Crippen LogP contribution in [0, 0.1) is 0 Å². The Balaban J connectivity index is 2.18.